The molecular formula is C26H24F3N5OS. The predicted molar refractivity (Wildman–Crippen MR) is 139 cm³/mol. The molecule has 0 saturated carbocycles. The lowest BCUT2D eigenvalue weighted by Gasteiger charge is -2.36. The molecule has 0 amide bonds. The van der Waals surface area contributed by atoms with E-state index in [9.17, 15) is 13.2 Å². The highest BCUT2D eigenvalue weighted by molar-refractivity contribution is 8.02. The Bertz CT molecular complexity index is 1300. The molecule has 10 heteroatoms. The number of methoxy groups -OCH3 is 1. The first-order valence-corrected chi connectivity index (χ1v) is 12.0. The second-order valence-electron chi connectivity index (χ2n) is 8.22. The largest absolute Gasteiger partial charge is 0.497 e. The van der Waals surface area contributed by atoms with E-state index >= 15 is 0 Å². The van der Waals surface area contributed by atoms with Crippen LogP contribution in [0.2, 0.25) is 0 Å². The molecule has 1 aromatic heterocycles. The molecule has 0 bridgehead atoms. The van der Waals surface area contributed by atoms with Crippen molar-refractivity contribution in [2.75, 3.05) is 13.0 Å². The number of hydrogen-bond donors (Lipinski definition) is 1. The van der Waals surface area contributed by atoms with Crippen LogP contribution in [0.25, 0.3) is 5.70 Å². The van der Waals surface area contributed by atoms with E-state index in [0.29, 0.717) is 35.2 Å². The zero-order valence-electron chi connectivity index (χ0n) is 19.7. The first kappa shape index (κ1) is 25.4. The van der Waals surface area contributed by atoms with Crippen molar-refractivity contribution in [3.63, 3.8) is 0 Å². The zero-order chi connectivity index (χ0) is 25.8. The molecule has 1 aliphatic carbocycles. The Morgan fingerprint density at radius 2 is 2.14 bits per heavy atom. The zero-order valence-corrected chi connectivity index (χ0v) is 20.5. The van der Waals surface area contributed by atoms with E-state index in [1.165, 1.54) is 17.8 Å². The van der Waals surface area contributed by atoms with Gasteiger partial charge in [-0.15, -0.1) is 11.8 Å². The quantitative estimate of drug-likeness (QED) is 0.374. The van der Waals surface area contributed by atoms with Crippen molar-refractivity contribution < 1.29 is 17.9 Å². The predicted octanol–water partition coefficient (Wildman–Crippen LogP) is 5.86. The molecule has 0 spiro atoms. The lowest BCUT2D eigenvalue weighted by molar-refractivity contribution is -0.137. The first-order chi connectivity index (χ1) is 17.2. The average molecular weight is 512 g/mol. The van der Waals surface area contributed by atoms with Crippen molar-refractivity contribution in [3.8, 4) is 0 Å². The Morgan fingerprint density at radius 3 is 2.83 bits per heavy atom. The molecule has 1 N–H and O–H groups in total. The molecular weight excluding hydrogens is 487 g/mol. The second kappa shape index (κ2) is 10.5. The number of halogens is 3. The van der Waals surface area contributed by atoms with Crippen LogP contribution < -0.4 is 5.32 Å². The highest BCUT2D eigenvalue weighted by Crippen LogP contribution is 2.36. The van der Waals surface area contributed by atoms with Gasteiger partial charge in [-0.1, -0.05) is 12.1 Å². The molecule has 4 rings (SSSR count). The summed E-state index contributed by atoms with van der Waals surface area (Å²) in [6, 6.07) is 8.76. The summed E-state index contributed by atoms with van der Waals surface area (Å²) < 4.78 is 44.7. The number of hydrogen-bond acceptors (Lipinski definition) is 6. The summed E-state index contributed by atoms with van der Waals surface area (Å²) in [5.41, 5.74) is 1.12. The number of fused-ring (bicyclic) bond motifs is 1. The molecule has 2 aliphatic rings. The summed E-state index contributed by atoms with van der Waals surface area (Å²) in [4.78, 5) is 17.8. The van der Waals surface area contributed by atoms with Crippen molar-refractivity contribution >= 4 is 35.8 Å². The van der Waals surface area contributed by atoms with Gasteiger partial charge in [-0.05, 0) is 61.9 Å². The fourth-order valence-corrected chi connectivity index (χ4v) is 4.47. The smallest absolute Gasteiger partial charge is 0.416 e. The van der Waals surface area contributed by atoms with Gasteiger partial charge in [0, 0.05) is 29.1 Å². The number of nitrogens with zero attached hydrogens (tertiary/aromatic N) is 4. The molecule has 36 heavy (non-hydrogen) atoms. The maximum absolute atomic E-state index is 13.1. The number of ether oxygens (including phenoxy) is 1. The number of rotatable bonds is 7. The van der Waals surface area contributed by atoms with E-state index in [1.807, 2.05) is 31.2 Å². The van der Waals surface area contributed by atoms with Gasteiger partial charge in [-0.25, -0.2) is 0 Å². The number of amidine groups is 2. The van der Waals surface area contributed by atoms with Crippen molar-refractivity contribution in [2.45, 2.75) is 25.1 Å². The SMILES string of the molecule is C=N/C(=C\SC/N=C1\NC(c2cccnc2)=NC2(C)CC=C(OC)C=C12)c1cccc(C(F)(F)F)c1. The Hall–Kier alpha value is -3.66. The van der Waals surface area contributed by atoms with Gasteiger partial charge in [0.05, 0.1) is 29.8 Å². The third kappa shape index (κ3) is 5.59. The molecule has 1 atom stereocenters. The van der Waals surface area contributed by atoms with Gasteiger partial charge in [0.1, 0.15) is 17.4 Å². The number of benzene rings is 1. The standard InChI is InChI=1S/C26H24F3N5OS/c1-25-10-9-20(35-3)13-21(25)24(33-23(34-25)18-7-5-11-31-14-18)32-16-36-15-22(30-2)17-6-4-8-19(12-17)26(27,28)29/h4-9,11-15H,2,10,16H2,1,3H3,(H,32,33,34)/b22-15-. The summed E-state index contributed by atoms with van der Waals surface area (Å²) in [5.74, 6) is 2.32. The first-order valence-electron chi connectivity index (χ1n) is 11.0. The number of thioether (sulfide) groups is 1. The van der Waals surface area contributed by atoms with Gasteiger partial charge in [-0.2, -0.15) is 13.2 Å². The molecule has 0 radical (unpaired) electrons. The van der Waals surface area contributed by atoms with Gasteiger partial charge in [0.2, 0.25) is 0 Å². The van der Waals surface area contributed by atoms with Crippen molar-refractivity contribution in [3.05, 3.63) is 94.4 Å². The fourth-order valence-electron chi connectivity index (χ4n) is 3.83. The molecule has 2 aromatic rings. The van der Waals surface area contributed by atoms with Gasteiger partial charge in [0.15, 0.2) is 0 Å². The van der Waals surface area contributed by atoms with Gasteiger partial charge in [-0.3, -0.25) is 20.0 Å². The number of allylic oxidation sites excluding steroid dienone is 1. The Morgan fingerprint density at radius 1 is 1.31 bits per heavy atom. The number of aliphatic imine (C=N–C) groups is 3. The van der Waals surface area contributed by atoms with Crippen LogP contribution in [0.1, 0.15) is 30.0 Å². The summed E-state index contributed by atoms with van der Waals surface area (Å²) in [6.45, 7) is 5.55. The number of alkyl halides is 3. The van der Waals surface area contributed by atoms with Crippen LogP contribution in [-0.2, 0) is 10.9 Å². The number of aromatic nitrogens is 1. The van der Waals surface area contributed by atoms with Gasteiger partial charge in [0.25, 0.3) is 0 Å². The topological polar surface area (TPSA) is 71.2 Å². The Labute approximate surface area is 211 Å². The molecule has 0 fully saturated rings. The highest BCUT2D eigenvalue weighted by atomic mass is 32.2. The van der Waals surface area contributed by atoms with E-state index < -0.39 is 17.3 Å². The van der Waals surface area contributed by atoms with Crippen LogP contribution in [0.4, 0.5) is 13.2 Å². The second-order valence-corrected chi connectivity index (χ2v) is 9.04. The van der Waals surface area contributed by atoms with Crippen LogP contribution >= 0.6 is 11.8 Å². The van der Waals surface area contributed by atoms with E-state index in [0.717, 1.165) is 29.0 Å². The van der Waals surface area contributed by atoms with Crippen LogP contribution in [0.15, 0.2) is 92.7 Å². The Kier molecular flexibility index (Phi) is 7.44. The third-order valence-electron chi connectivity index (χ3n) is 5.74. The molecule has 2 heterocycles. The van der Waals surface area contributed by atoms with Gasteiger partial charge >= 0.3 is 6.18 Å². The van der Waals surface area contributed by atoms with Crippen LogP contribution in [0.3, 0.4) is 0 Å². The van der Waals surface area contributed by atoms with E-state index in [2.05, 4.69) is 22.0 Å². The van der Waals surface area contributed by atoms with E-state index in [1.54, 1.807) is 31.0 Å². The highest BCUT2D eigenvalue weighted by Gasteiger charge is 2.38. The molecule has 1 aliphatic heterocycles. The molecule has 1 unspecified atom stereocenters. The fraction of sp³-hybridized carbons (Fsp3) is 0.231. The minimum absolute atomic E-state index is 0.292. The summed E-state index contributed by atoms with van der Waals surface area (Å²) in [5, 5.41) is 4.96. The van der Waals surface area contributed by atoms with Crippen LogP contribution in [-0.4, -0.2) is 41.9 Å². The molecule has 186 valence electrons. The maximum Gasteiger partial charge on any atom is 0.416 e. The monoisotopic (exact) mass is 511 g/mol. The maximum atomic E-state index is 13.1. The minimum Gasteiger partial charge on any atom is -0.497 e. The lowest BCUT2D eigenvalue weighted by atomic mass is 9.82. The summed E-state index contributed by atoms with van der Waals surface area (Å²) >= 11 is 1.30. The molecule has 6 nitrogen and oxygen atoms in total. The van der Waals surface area contributed by atoms with Crippen LogP contribution in [0, 0.1) is 0 Å². The third-order valence-corrected chi connectivity index (χ3v) is 6.40. The summed E-state index contributed by atoms with van der Waals surface area (Å²) in [6.07, 6.45) is 3.54. The average Bonchev–Trinajstić information content (AvgIpc) is 2.88. The van der Waals surface area contributed by atoms with Crippen molar-refractivity contribution in [1.29, 1.82) is 0 Å². The minimum atomic E-state index is -4.43. The van der Waals surface area contributed by atoms with Crippen LogP contribution in [0.5, 0.6) is 0 Å². The molecule has 1 aromatic carbocycles. The lowest BCUT2D eigenvalue weighted by Crippen LogP contribution is -2.47. The van der Waals surface area contributed by atoms with E-state index in [4.69, 9.17) is 14.7 Å². The summed E-state index contributed by atoms with van der Waals surface area (Å²) in [7, 11) is 1.61. The molecule has 0 saturated heterocycles. The number of nitrogens with one attached hydrogen (secondary N) is 1. The number of pyridine rings is 1. The van der Waals surface area contributed by atoms with E-state index in [-0.39, 0.29) is 0 Å². The van der Waals surface area contributed by atoms with Crippen molar-refractivity contribution in [1.82, 2.24) is 10.3 Å². The normalized spacial score (nSPS) is 21.1. The van der Waals surface area contributed by atoms with Crippen molar-refractivity contribution in [2.24, 2.45) is 15.0 Å². The van der Waals surface area contributed by atoms with Gasteiger partial charge < -0.3 is 10.1 Å². The Balaban J connectivity index is 1.59.